The van der Waals surface area contributed by atoms with Gasteiger partial charge < -0.3 is 5.32 Å². The summed E-state index contributed by atoms with van der Waals surface area (Å²) in [7, 11) is 0. The van der Waals surface area contributed by atoms with Crippen molar-refractivity contribution in [1.82, 2.24) is 0 Å². The largest absolute Gasteiger partial charge is 0.350 e. The van der Waals surface area contributed by atoms with Crippen LogP contribution in [0.5, 0.6) is 0 Å². The minimum absolute atomic E-state index is 0.233. The number of carbonyl (C=O) groups is 2. The van der Waals surface area contributed by atoms with Gasteiger partial charge in [-0.2, -0.15) is 0 Å². The van der Waals surface area contributed by atoms with Crippen LogP contribution in [0.4, 0.5) is 11.4 Å². The highest BCUT2D eigenvalue weighted by Gasteiger charge is 2.40. The second-order valence-electron chi connectivity index (χ2n) is 6.31. The highest BCUT2D eigenvalue weighted by Crippen LogP contribution is 2.38. The summed E-state index contributed by atoms with van der Waals surface area (Å²) in [6, 6.07) is 21.3. The number of carbonyl (C=O) groups excluding carboxylic acids is 2. The molecular weight excluding hydrogens is 554 g/mol. The molecule has 30 heavy (non-hydrogen) atoms. The van der Waals surface area contributed by atoms with Gasteiger partial charge in [0, 0.05) is 24.2 Å². The molecule has 1 aliphatic heterocycles. The first kappa shape index (κ1) is 21.2. The predicted molar refractivity (Wildman–Crippen MR) is 131 cm³/mol. The maximum Gasteiger partial charge on any atom is 0.283 e. The van der Waals surface area contributed by atoms with E-state index in [1.807, 2.05) is 36.4 Å². The van der Waals surface area contributed by atoms with Crippen molar-refractivity contribution in [3.8, 4) is 0 Å². The maximum atomic E-state index is 13.3. The molecule has 8 heteroatoms. The molecule has 3 aromatic rings. The van der Waals surface area contributed by atoms with Gasteiger partial charge in [0.15, 0.2) is 0 Å². The normalized spacial score (nSPS) is 13.9. The number of hydrogen-bond donors (Lipinski definition) is 1. The summed E-state index contributed by atoms with van der Waals surface area (Å²) in [6.07, 6.45) is 0. The highest BCUT2D eigenvalue weighted by atomic mass is 127. The molecule has 0 unspecified atom stereocenters. The first-order chi connectivity index (χ1) is 14.4. The third-order valence-electron chi connectivity index (χ3n) is 4.27. The number of amides is 2. The average Bonchev–Trinajstić information content (AvgIpc) is 2.96. The standard InChI is InChI=1S/C22H13Cl2IN2O2S/c23-13-1-9-17(10-2-13)27-21(28)19(26-16-7-5-15(25)6-8-16)20(22(27)29)30-18-11-3-14(24)4-12-18/h1-12,26H. The zero-order valence-electron chi connectivity index (χ0n) is 15.2. The van der Waals surface area contributed by atoms with E-state index in [1.54, 1.807) is 36.4 Å². The molecule has 0 atom stereocenters. The molecule has 4 nitrogen and oxygen atoms in total. The fraction of sp³-hybridized carbons (Fsp3) is 0. The number of imide groups is 1. The molecule has 0 spiro atoms. The van der Waals surface area contributed by atoms with Crippen molar-refractivity contribution < 1.29 is 9.59 Å². The molecule has 2 amide bonds. The third kappa shape index (κ3) is 4.51. The first-order valence-electron chi connectivity index (χ1n) is 8.77. The number of thioether (sulfide) groups is 1. The van der Waals surface area contributed by atoms with E-state index in [2.05, 4.69) is 27.9 Å². The molecule has 4 rings (SSSR count). The number of benzene rings is 3. The van der Waals surface area contributed by atoms with E-state index < -0.39 is 11.8 Å². The summed E-state index contributed by atoms with van der Waals surface area (Å²) in [5, 5.41) is 4.26. The molecule has 0 saturated heterocycles. The van der Waals surface area contributed by atoms with E-state index in [9.17, 15) is 9.59 Å². The van der Waals surface area contributed by atoms with Crippen LogP contribution in [0, 0.1) is 3.57 Å². The predicted octanol–water partition coefficient (Wildman–Crippen LogP) is 6.59. The second kappa shape index (κ2) is 9.01. The Hall–Kier alpha value is -2.00. The Morgan fingerprint density at radius 1 is 0.767 bits per heavy atom. The molecule has 3 aromatic carbocycles. The summed E-state index contributed by atoms with van der Waals surface area (Å²) in [5.41, 5.74) is 1.41. The van der Waals surface area contributed by atoms with Gasteiger partial charge in [0.25, 0.3) is 11.8 Å². The fourth-order valence-electron chi connectivity index (χ4n) is 2.84. The lowest BCUT2D eigenvalue weighted by atomic mass is 10.3. The number of anilines is 2. The van der Waals surface area contributed by atoms with E-state index in [0.29, 0.717) is 20.6 Å². The number of rotatable bonds is 5. The lowest BCUT2D eigenvalue weighted by molar-refractivity contribution is -0.120. The summed E-state index contributed by atoms with van der Waals surface area (Å²) in [4.78, 5) is 28.8. The van der Waals surface area contributed by atoms with E-state index in [0.717, 1.165) is 19.1 Å². The summed E-state index contributed by atoms with van der Waals surface area (Å²) in [5.74, 6) is -0.812. The van der Waals surface area contributed by atoms with Crippen LogP contribution in [-0.4, -0.2) is 11.8 Å². The van der Waals surface area contributed by atoms with Gasteiger partial charge in [-0.05, 0) is 95.4 Å². The van der Waals surface area contributed by atoms with Crippen LogP contribution in [0.15, 0.2) is 88.3 Å². The molecule has 0 bridgehead atoms. The number of nitrogens with one attached hydrogen (secondary N) is 1. The quantitative estimate of drug-likeness (QED) is 0.280. The van der Waals surface area contributed by atoms with Crippen LogP contribution in [-0.2, 0) is 9.59 Å². The molecule has 0 radical (unpaired) electrons. The van der Waals surface area contributed by atoms with Gasteiger partial charge >= 0.3 is 0 Å². The highest BCUT2D eigenvalue weighted by molar-refractivity contribution is 14.1. The molecular formula is C22H13Cl2IN2O2S. The Morgan fingerprint density at radius 3 is 1.93 bits per heavy atom. The van der Waals surface area contributed by atoms with Crippen molar-refractivity contribution in [2.45, 2.75) is 4.90 Å². The molecule has 0 saturated carbocycles. The van der Waals surface area contributed by atoms with Crippen LogP contribution in [0.2, 0.25) is 10.0 Å². The number of nitrogens with zero attached hydrogens (tertiary/aromatic N) is 1. The molecule has 0 aromatic heterocycles. The van der Waals surface area contributed by atoms with E-state index in [1.165, 1.54) is 11.8 Å². The molecule has 1 N–H and O–H groups in total. The van der Waals surface area contributed by atoms with Crippen LogP contribution >= 0.6 is 57.6 Å². The Morgan fingerprint density at radius 2 is 1.33 bits per heavy atom. The average molecular weight is 567 g/mol. The van der Waals surface area contributed by atoms with Gasteiger partial charge in [-0.1, -0.05) is 35.0 Å². The van der Waals surface area contributed by atoms with Crippen LogP contribution in [0.25, 0.3) is 0 Å². The molecule has 0 aliphatic carbocycles. The van der Waals surface area contributed by atoms with Crippen molar-refractivity contribution in [3.63, 3.8) is 0 Å². The van der Waals surface area contributed by atoms with Crippen molar-refractivity contribution in [3.05, 3.63) is 97.0 Å². The van der Waals surface area contributed by atoms with Crippen molar-refractivity contribution in [1.29, 1.82) is 0 Å². The van der Waals surface area contributed by atoms with E-state index >= 15 is 0 Å². The summed E-state index contributed by atoms with van der Waals surface area (Å²) >= 11 is 15.4. The van der Waals surface area contributed by atoms with E-state index in [-0.39, 0.29) is 5.70 Å². The molecule has 1 aliphatic rings. The Labute approximate surface area is 201 Å². The zero-order valence-corrected chi connectivity index (χ0v) is 19.7. The molecule has 150 valence electrons. The van der Waals surface area contributed by atoms with Crippen LogP contribution in [0.3, 0.4) is 0 Å². The summed E-state index contributed by atoms with van der Waals surface area (Å²) < 4.78 is 1.07. The maximum absolute atomic E-state index is 13.3. The van der Waals surface area contributed by atoms with Gasteiger partial charge in [0.2, 0.25) is 0 Å². The van der Waals surface area contributed by atoms with Gasteiger partial charge in [0.1, 0.15) is 10.6 Å². The minimum Gasteiger partial charge on any atom is -0.350 e. The lowest BCUT2D eigenvalue weighted by Crippen LogP contribution is -2.32. The third-order valence-corrected chi connectivity index (χ3v) is 6.59. The van der Waals surface area contributed by atoms with Gasteiger partial charge in [-0.25, -0.2) is 4.90 Å². The van der Waals surface area contributed by atoms with Crippen molar-refractivity contribution in [2.75, 3.05) is 10.2 Å². The number of hydrogen-bond acceptors (Lipinski definition) is 4. The second-order valence-corrected chi connectivity index (χ2v) is 9.52. The van der Waals surface area contributed by atoms with Gasteiger partial charge in [-0.15, -0.1) is 0 Å². The monoisotopic (exact) mass is 566 g/mol. The molecule has 1 heterocycles. The van der Waals surface area contributed by atoms with Gasteiger partial charge in [0.05, 0.1) is 5.69 Å². The van der Waals surface area contributed by atoms with Gasteiger partial charge in [-0.3, -0.25) is 9.59 Å². The number of halogens is 3. The van der Waals surface area contributed by atoms with Crippen molar-refractivity contribution in [2.24, 2.45) is 0 Å². The SMILES string of the molecule is O=C1C(Nc2ccc(I)cc2)=C(Sc2ccc(Cl)cc2)C(=O)N1c1ccc(Cl)cc1. The van der Waals surface area contributed by atoms with Crippen LogP contribution < -0.4 is 10.2 Å². The molecule has 0 fully saturated rings. The van der Waals surface area contributed by atoms with E-state index in [4.69, 9.17) is 23.2 Å². The topological polar surface area (TPSA) is 49.4 Å². The minimum atomic E-state index is -0.419. The summed E-state index contributed by atoms with van der Waals surface area (Å²) in [6.45, 7) is 0. The Bertz CT molecular complexity index is 1080. The lowest BCUT2D eigenvalue weighted by Gasteiger charge is -2.15. The Balaban J connectivity index is 1.73. The zero-order chi connectivity index (χ0) is 21.3. The first-order valence-corrected chi connectivity index (χ1v) is 11.4. The Kier molecular flexibility index (Phi) is 6.38. The fourth-order valence-corrected chi connectivity index (χ4v) is 4.38. The van der Waals surface area contributed by atoms with Crippen LogP contribution in [0.1, 0.15) is 0 Å². The smallest absolute Gasteiger partial charge is 0.283 e. The van der Waals surface area contributed by atoms with Crippen molar-refractivity contribution >= 4 is 80.7 Å².